The molecule has 2 aromatic rings. The van der Waals surface area contributed by atoms with Gasteiger partial charge in [-0.1, -0.05) is 5.21 Å². The van der Waals surface area contributed by atoms with Crippen molar-refractivity contribution in [2.24, 2.45) is 5.92 Å². The van der Waals surface area contributed by atoms with E-state index >= 15 is 0 Å². The Kier molecular flexibility index (Phi) is 4.15. The lowest BCUT2D eigenvalue weighted by Gasteiger charge is -2.14. The van der Waals surface area contributed by atoms with Gasteiger partial charge in [0.2, 0.25) is 0 Å². The molecule has 3 rings (SSSR count). The minimum atomic E-state index is -0.119. The molecule has 7 heteroatoms. The number of hydrogen-bond donors (Lipinski definition) is 1. The second-order valence-electron chi connectivity index (χ2n) is 5.58. The first-order valence-corrected chi connectivity index (χ1v) is 7.31. The zero-order chi connectivity index (χ0) is 15.5. The lowest BCUT2D eigenvalue weighted by molar-refractivity contribution is 0.0850. The number of aromatic nitrogens is 4. The molecule has 22 heavy (non-hydrogen) atoms. The molecule has 1 aliphatic heterocycles. The van der Waals surface area contributed by atoms with E-state index in [-0.39, 0.29) is 11.8 Å². The highest BCUT2D eigenvalue weighted by Crippen LogP contribution is 2.14. The van der Waals surface area contributed by atoms with Gasteiger partial charge >= 0.3 is 0 Å². The zero-order valence-corrected chi connectivity index (χ0v) is 12.7. The van der Waals surface area contributed by atoms with Crippen LogP contribution < -0.4 is 5.32 Å². The maximum absolute atomic E-state index is 12.1. The van der Waals surface area contributed by atoms with Gasteiger partial charge in [-0.05, 0) is 26.0 Å². The van der Waals surface area contributed by atoms with Gasteiger partial charge in [0.25, 0.3) is 5.91 Å². The van der Waals surface area contributed by atoms with Gasteiger partial charge in [-0.25, -0.2) is 4.68 Å². The fourth-order valence-corrected chi connectivity index (χ4v) is 2.43. The summed E-state index contributed by atoms with van der Waals surface area (Å²) in [5.41, 5.74) is 3.37. The van der Waals surface area contributed by atoms with E-state index in [0.29, 0.717) is 31.9 Å². The average molecular weight is 301 g/mol. The molecule has 0 saturated carbocycles. The van der Waals surface area contributed by atoms with Crippen LogP contribution in [0, 0.1) is 19.8 Å². The van der Waals surface area contributed by atoms with Gasteiger partial charge in [0.15, 0.2) is 0 Å². The normalized spacial score (nSPS) is 17.6. The molecule has 0 aromatic carbocycles. The molecule has 3 heterocycles. The molecule has 116 valence electrons. The van der Waals surface area contributed by atoms with Gasteiger partial charge in [0, 0.05) is 30.9 Å². The molecule has 1 aliphatic rings. The van der Waals surface area contributed by atoms with E-state index < -0.39 is 0 Å². The van der Waals surface area contributed by atoms with Crippen LogP contribution in [0.4, 0.5) is 0 Å². The Hall–Kier alpha value is -2.28. The summed E-state index contributed by atoms with van der Waals surface area (Å²) in [6.45, 7) is 6.16. The van der Waals surface area contributed by atoms with Gasteiger partial charge in [0.05, 0.1) is 30.2 Å². The minimum Gasteiger partial charge on any atom is -0.375 e. The summed E-state index contributed by atoms with van der Waals surface area (Å²) in [6, 6.07) is 3.61. The predicted molar refractivity (Wildman–Crippen MR) is 79.2 cm³/mol. The van der Waals surface area contributed by atoms with Gasteiger partial charge in [-0.3, -0.25) is 9.78 Å². The molecule has 1 unspecified atom stereocenters. The van der Waals surface area contributed by atoms with E-state index in [1.54, 1.807) is 12.3 Å². The Morgan fingerprint density at radius 1 is 1.45 bits per heavy atom. The SMILES string of the molecule is Cc1ccc(C(=O)NCC2COCc3c(C)nnn3C2)cn1. The molecule has 0 spiro atoms. The van der Waals surface area contributed by atoms with Crippen LogP contribution in [-0.2, 0) is 17.9 Å². The van der Waals surface area contributed by atoms with Crippen molar-refractivity contribution in [1.82, 2.24) is 25.3 Å². The fraction of sp³-hybridized carbons (Fsp3) is 0.467. The monoisotopic (exact) mass is 301 g/mol. The van der Waals surface area contributed by atoms with E-state index in [9.17, 15) is 4.79 Å². The van der Waals surface area contributed by atoms with Crippen LogP contribution in [0.15, 0.2) is 18.3 Å². The molecule has 1 amide bonds. The molecule has 0 aliphatic carbocycles. The number of nitrogens with one attached hydrogen (secondary N) is 1. The van der Waals surface area contributed by atoms with Crippen molar-refractivity contribution in [1.29, 1.82) is 0 Å². The number of hydrogen-bond acceptors (Lipinski definition) is 5. The Labute approximate surface area is 128 Å². The van der Waals surface area contributed by atoms with Crippen molar-refractivity contribution in [3.8, 4) is 0 Å². The Morgan fingerprint density at radius 3 is 3.09 bits per heavy atom. The average Bonchev–Trinajstić information content (AvgIpc) is 2.74. The standard InChI is InChI=1S/C15H19N5O2/c1-10-3-4-13(6-16-10)15(21)17-5-12-7-20-14(9-22-8-12)11(2)18-19-20/h3-4,6,12H,5,7-9H2,1-2H3,(H,17,21). The van der Waals surface area contributed by atoms with Gasteiger partial charge in [-0.2, -0.15) is 0 Å². The second-order valence-corrected chi connectivity index (χ2v) is 5.58. The lowest BCUT2D eigenvalue weighted by Crippen LogP contribution is -2.33. The number of rotatable bonds is 3. The molecule has 7 nitrogen and oxygen atoms in total. The molecule has 0 saturated heterocycles. The van der Waals surface area contributed by atoms with E-state index in [0.717, 1.165) is 17.1 Å². The number of aryl methyl sites for hydroxylation is 2. The molecule has 1 N–H and O–H groups in total. The third-order valence-electron chi connectivity index (χ3n) is 3.78. The summed E-state index contributed by atoms with van der Waals surface area (Å²) < 4.78 is 7.53. The minimum absolute atomic E-state index is 0.119. The number of amides is 1. The van der Waals surface area contributed by atoms with Crippen molar-refractivity contribution in [3.05, 3.63) is 41.0 Å². The summed E-state index contributed by atoms with van der Waals surface area (Å²) in [5, 5.41) is 11.1. The predicted octanol–water partition coefficient (Wildman–Crippen LogP) is 0.866. The van der Waals surface area contributed by atoms with Crippen molar-refractivity contribution < 1.29 is 9.53 Å². The van der Waals surface area contributed by atoms with Crippen LogP contribution in [0.2, 0.25) is 0 Å². The fourth-order valence-electron chi connectivity index (χ4n) is 2.43. The molecular weight excluding hydrogens is 282 g/mol. The van der Waals surface area contributed by atoms with Crippen LogP contribution in [0.1, 0.15) is 27.4 Å². The molecule has 0 fully saturated rings. The zero-order valence-electron chi connectivity index (χ0n) is 12.7. The maximum Gasteiger partial charge on any atom is 0.252 e. The Morgan fingerprint density at radius 2 is 2.32 bits per heavy atom. The largest absolute Gasteiger partial charge is 0.375 e. The summed E-state index contributed by atoms with van der Waals surface area (Å²) >= 11 is 0. The number of carbonyl (C=O) groups is 1. The highest BCUT2D eigenvalue weighted by Gasteiger charge is 2.20. The summed E-state index contributed by atoms with van der Waals surface area (Å²) in [6.07, 6.45) is 1.59. The maximum atomic E-state index is 12.1. The smallest absolute Gasteiger partial charge is 0.252 e. The van der Waals surface area contributed by atoms with Crippen molar-refractivity contribution in [3.63, 3.8) is 0 Å². The number of ether oxygens (including phenoxy) is 1. The van der Waals surface area contributed by atoms with E-state index in [1.807, 2.05) is 24.6 Å². The highest BCUT2D eigenvalue weighted by molar-refractivity contribution is 5.93. The number of nitrogens with zero attached hydrogens (tertiary/aromatic N) is 4. The topological polar surface area (TPSA) is 81.9 Å². The first-order chi connectivity index (χ1) is 10.6. The number of fused-ring (bicyclic) bond motifs is 1. The Balaban J connectivity index is 1.59. The second kappa shape index (κ2) is 6.23. The summed E-state index contributed by atoms with van der Waals surface area (Å²) in [4.78, 5) is 16.2. The molecular formula is C15H19N5O2. The van der Waals surface area contributed by atoms with Gasteiger partial charge in [0.1, 0.15) is 0 Å². The van der Waals surface area contributed by atoms with E-state index in [1.165, 1.54) is 0 Å². The third kappa shape index (κ3) is 3.14. The van der Waals surface area contributed by atoms with Crippen LogP contribution in [0.3, 0.4) is 0 Å². The van der Waals surface area contributed by atoms with Crippen LogP contribution >= 0.6 is 0 Å². The van der Waals surface area contributed by atoms with Gasteiger partial charge in [-0.15, -0.1) is 5.10 Å². The Bertz CT molecular complexity index is 665. The molecule has 2 aromatic heterocycles. The van der Waals surface area contributed by atoms with Crippen molar-refractivity contribution in [2.75, 3.05) is 13.2 Å². The number of pyridine rings is 1. The van der Waals surface area contributed by atoms with Gasteiger partial charge < -0.3 is 10.1 Å². The van der Waals surface area contributed by atoms with Crippen molar-refractivity contribution in [2.45, 2.75) is 27.0 Å². The first kappa shape index (κ1) is 14.6. The molecule has 1 atom stereocenters. The van der Waals surface area contributed by atoms with Crippen LogP contribution in [0.5, 0.6) is 0 Å². The van der Waals surface area contributed by atoms with E-state index in [2.05, 4.69) is 20.6 Å². The quantitative estimate of drug-likeness (QED) is 0.909. The highest BCUT2D eigenvalue weighted by atomic mass is 16.5. The lowest BCUT2D eigenvalue weighted by atomic mass is 10.1. The van der Waals surface area contributed by atoms with E-state index in [4.69, 9.17) is 4.74 Å². The third-order valence-corrected chi connectivity index (χ3v) is 3.78. The molecule has 0 radical (unpaired) electrons. The summed E-state index contributed by atoms with van der Waals surface area (Å²) in [5.74, 6) is 0.0523. The van der Waals surface area contributed by atoms with Crippen LogP contribution in [-0.4, -0.2) is 39.0 Å². The molecule has 0 bridgehead atoms. The van der Waals surface area contributed by atoms with Crippen LogP contribution in [0.25, 0.3) is 0 Å². The summed E-state index contributed by atoms with van der Waals surface area (Å²) in [7, 11) is 0. The first-order valence-electron chi connectivity index (χ1n) is 7.31. The number of carbonyl (C=O) groups excluding carboxylic acids is 1. The van der Waals surface area contributed by atoms with Crippen molar-refractivity contribution >= 4 is 5.91 Å².